The molecule has 0 radical (unpaired) electrons. The molecule has 20 heavy (non-hydrogen) atoms. The van der Waals surface area contributed by atoms with Gasteiger partial charge in [-0.05, 0) is 34.8 Å². The number of aromatic nitrogens is 2. The lowest BCUT2D eigenvalue weighted by atomic mass is 10.1. The zero-order valence-electron chi connectivity index (χ0n) is 11.4. The molecule has 104 valence electrons. The van der Waals surface area contributed by atoms with Crippen LogP contribution in [0.1, 0.15) is 28.7 Å². The maximum atomic E-state index is 12.2. The third-order valence-electron chi connectivity index (χ3n) is 3.19. The Morgan fingerprint density at radius 2 is 1.95 bits per heavy atom. The van der Waals surface area contributed by atoms with Crippen LogP contribution in [0.25, 0.3) is 0 Å². The summed E-state index contributed by atoms with van der Waals surface area (Å²) in [6.45, 7) is 3.77. The lowest BCUT2D eigenvalue weighted by molar-refractivity contribution is 0.0969. The molecule has 0 N–H and O–H groups in total. The summed E-state index contributed by atoms with van der Waals surface area (Å²) in [6.07, 6.45) is 2.39. The summed E-state index contributed by atoms with van der Waals surface area (Å²) in [5.41, 5.74) is 1.54. The largest absolute Gasteiger partial charge is 0.292 e. The number of aryl methyl sites for hydroxylation is 2. The first-order valence-electron chi connectivity index (χ1n) is 6.37. The lowest BCUT2D eigenvalue weighted by Gasteiger charge is -2.09. The van der Waals surface area contributed by atoms with E-state index in [1.165, 1.54) is 16.3 Å². The highest BCUT2D eigenvalue weighted by atomic mass is 79.9. The highest BCUT2D eigenvalue weighted by molar-refractivity contribution is 9.10. The van der Waals surface area contributed by atoms with E-state index in [-0.39, 0.29) is 17.9 Å². The predicted octanol–water partition coefficient (Wildman–Crippen LogP) is 2.76. The zero-order valence-corrected chi connectivity index (χ0v) is 13.0. The Hall–Kier alpha value is -1.75. The summed E-state index contributed by atoms with van der Waals surface area (Å²) < 4.78 is 1.73. The van der Waals surface area contributed by atoms with Crippen molar-refractivity contribution in [2.45, 2.75) is 26.8 Å². The van der Waals surface area contributed by atoms with E-state index < -0.39 is 0 Å². The van der Waals surface area contributed by atoms with Crippen molar-refractivity contribution in [1.29, 1.82) is 0 Å². The van der Waals surface area contributed by atoms with Crippen molar-refractivity contribution in [2.24, 2.45) is 0 Å². The van der Waals surface area contributed by atoms with Gasteiger partial charge in [0, 0.05) is 11.8 Å². The van der Waals surface area contributed by atoms with Crippen LogP contribution in [0.3, 0.4) is 0 Å². The molecule has 0 atom stereocenters. The minimum absolute atomic E-state index is 0.00256. The van der Waals surface area contributed by atoms with Crippen LogP contribution in [0.2, 0.25) is 0 Å². The Labute approximate surface area is 125 Å². The molecule has 1 aromatic carbocycles. The van der Waals surface area contributed by atoms with Crippen LogP contribution in [-0.2, 0) is 13.0 Å². The second-order valence-corrected chi connectivity index (χ2v) is 5.37. The number of carbonyl (C=O) groups excluding carboxylic acids is 1. The summed E-state index contributed by atoms with van der Waals surface area (Å²) in [5.74, 6) is 0.425. The molecule has 2 rings (SSSR count). The number of nitrogens with zero attached hydrogens (tertiary/aromatic N) is 2. The third kappa shape index (κ3) is 3.04. The van der Waals surface area contributed by atoms with Gasteiger partial charge in [-0.15, -0.1) is 0 Å². The topological polar surface area (TPSA) is 52.0 Å². The van der Waals surface area contributed by atoms with Crippen molar-refractivity contribution >= 4 is 21.7 Å². The maximum Gasteiger partial charge on any atom is 0.268 e. The molecular formula is C15H15BrN2O2. The smallest absolute Gasteiger partial charge is 0.268 e. The first kappa shape index (κ1) is 14.7. The van der Waals surface area contributed by atoms with Gasteiger partial charge in [0.05, 0.1) is 6.54 Å². The normalized spacial score (nSPS) is 10.6. The predicted molar refractivity (Wildman–Crippen MR) is 81.1 cm³/mol. The van der Waals surface area contributed by atoms with Crippen LogP contribution in [-0.4, -0.2) is 15.3 Å². The first-order valence-corrected chi connectivity index (χ1v) is 7.16. The van der Waals surface area contributed by atoms with Crippen LogP contribution in [0.5, 0.6) is 0 Å². The van der Waals surface area contributed by atoms with E-state index in [4.69, 9.17) is 0 Å². The van der Waals surface area contributed by atoms with Crippen molar-refractivity contribution in [1.82, 2.24) is 9.55 Å². The molecule has 5 heteroatoms. The number of ketones is 1. The SMILES string of the molecule is CCc1ccc(C(=O)Cn2c(C)ncc(Br)c2=O)cc1. The number of benzene rings is 1. The van der Waals surface area contributed by atoms with E-state index in [0.717, 1.165) is 6.42 Å². The molecule has 2 aromatic rings. The molecule has 0 bridgehead atoms. The Morgan fingerprint density at radius 3 is 2.55 bits per heavy atom. The van der Waals surface area contributed by atoms with Crippen molar-refractivity contribution in [3.63, 3.8) is 0 Å². The van der Waals surface area contributed by atoms with Gasteiger partial charge in [0.25, 0.3) is 5.56 Å². The Kier molecular flexibility index (Phi) is 4.49. The van der Waals surface area contributed by atoms with Gasteiger partial charge in [-0.3, -0.25) is 14.2 Å². The first-order chi connectivity index (χ1) is 9.52. The fourth-order valence-corrected chi connectivity index (χ4v) is 2.21. The molecule has 0 aliphatic rings. The van der Waals surface area contributed by atoms with Gasteiger partial charge in [-0.1, -0.05) is 31.2 Å². The summed E-state index contributed by atoms with van der Waals surface area (Å²) >= 11 is 3.14. The standard InChI is InChI=1S/C15H15BrN2O2/c1-3-11-4-6-12(7-5-11)14(19)9-18-10(2)17-8-13(16)15(18)20/h4-8H,3,9H2,1-2H3. The van der Waals surface area contributed by atoms with Gasteiger partial charge >= 0.3 is 0 Å². The molecule has 0 saturated carbocycles. The highest BCUT2D eigenvalue weighted by Gasteiger charge is 2.11. The summed E-state index contributed by atoms with van der Waals surface area (Å²) in [5, 5.41) is 0. The number of carbonyl (C=O) groups is 1. The van der Waals surface area contributed by atoms with Gasteiger partial charge in [0.2, 0.25) is 0 Å². The molecule has 0 aliphatic heterocycles. The minimum Gasteiger partial charge on any atom is -0.292 e. The quantitative estimate of drug-likeness (QED) is 0.808. The van der Waals surface area contributed by atoms with Crippen LogP contribution >= 0.6 is 15.9 Å². The fourth-order valence-electron chi connectivity index (χ4n) is 1.90. The van der Waals surface area contributed by atoms with Gasteiger partial charge < -0.3 is 0 Å². The third-order valence-corrected chi connectivity index (χ3v) is 3.73. The van der Waals surface area contributed by atoms with Gasteiger partial charge in [-0.2, -0.15) is 0 Å². The van der Waals surface area contributed by atoms with Gasteiger partial charge in [-0.25, -0.2) is 4.98 Å². The molecule has 0 spiro atoms. The van der Waals surface area contributed by atoms with E-state index in [9.17, 15) is 9.59 Å². The minimum atomic E-state index is -0.240. The van der Waals surface area contributed by atoms with Crippen molar-refractivity contribution in [3.8, 4) is 0 Å². The summed E-state index contributed by atoms with van der Waals surface area (Å²) in [6, 6.07) is 7.46. The molecule has 1 heterocycles. The van der Waals surface area contributed by atoms with E-state index >= 15 is 0 Å². The molecule has 0 aliphatic carbocycles. The Bertz CT molecular complexity index is 690. The van der Waals surface area contributed by atoms with Crippen molar-refractivity contribution < 1.29 is 4.79 Å². The number of rotatable bonds is 4. The monoisotopic (exact) mass is 334 g/mol. The number of hydrogen-bond donors (Lipinski definition) is 0. The van der Waals surface area contributed by atoms with E-state index in [1.807, 2.05) is 12.1 Å². The van der Waals surface area contributed by atoms with Crippen molar-refractivity contribution in [2.75, 3.05) is 0 Å². The molecule has 0 saturated heterocycles. The number of halogens is 1. The van der Waals surface area contributed by atoms with E-state index in [1.54, 1.807) is 19.1 Å². The Morgan fingerprint density at radius 1 is 1.30 bits per heavy atom. The van der Waals surface area contributed by atoms with Crippen LogP contribution < -0.4 is 5.56 Å². The van der Waals surface area contributed by atoms with Crippen molar-refractivity contribution in [3.05, 3.63) is 62.2 Å². The van der Waals surface area contributed by atoms with Gasteiger partial charge in [0.1, 0.15) is 10.3 Å². The summed E-state index contributed by atoms with van der Waals surface area (Å²) in [4.78, 5) is 28.3. The van der Waals surface area contributed by atoms with Crippen LogP contribution in [0, 0.1) is 6.92 Å². The molecule has 0 unspecified atom stereocenters. The van der Waals surface area contributed by atoms with Crippen LogP contribution in [0.4, 0.5) is 0 Å². The molecule has 0 amide bonds. The highest BCUT2D eigenvalue weighted by Crippen LogP contribution is 2.08. The number of hydrogen-bond acceptors (Lipinski definition) is 3. The second-order valence-electron chi connectivity index (χ2n) is 4.52. The summed E-state index contributed by atoms with van der Waals surface area (Å²) in [7, 11) is 0. The molecule has 0 fully saturated rings. The average molecular weight is 335 g/mol. The Balaban J connectivity index is 2.28. The van der Waals surface area contributed by atoms with E-state index in [2.05, 4.69) is 27.8 Å². The van der Waals surface area contributed by atoms with E-state index in [0.29, 0.717) is 15.9 Å². The maximum absolute atomic E-state index is 12.2. The zero-order chi connectivity index (χ0) is 14.7. The lowest BCUT2D eigenvalue weighted by Crippen LogP contribution is -2.27. The molecular weight excluding hydrogens is 320 g/mol. The average Bonchev–Trinajstić information content (AvgIpc) is 2.47. The second kappa shape index (κ2) is 6.13. The number of Topliss-reactive ketones (excluding diaryl/α,β-unsaturated/α-hetero) is 1. The molecule has 4 nitrogen and oxygen atoms in total. The van der Waals surface area contributed by atoms with Gasteiger partial charge in [0.15, 0.2) is 5.78 Å². The molecule has 1 aromatic heterocycles. The van der Waals surface area contributed by atoms with Crippen LogP contribution in [0.15, 0.2) is 39.7 Å². The fraction of sp³-hybridized carbons (Fsp3) is 0.267.